The maximum Gasteiger partial charge on any atom is 0.224 e. The van der Waals surface area contributed by atoms with E-state index in [1.807, 2.05) is 19.9 Å². The van der Waals surface area contributed by atoms with Crippen molar-refractivity contribution in [3.63, 3.8) is 0 Å². The smallest absolute Gasteiger partial charge is 0.224 e. The van der Waals surface area contributed by atoms with Crippen LogP contribution in [0.15, 0.2) is 22.0 Å². The Morgan fingerprint density at radius 2 is 2.17 bits per heavy atom. The highest BCUT2D eigenvalue weighted by Gasteiger charge is 2.04. The fourth-order valence-corrected chi connectivity index (χ4v) is 2.95. The summed E-state index contributed by atoms with van der Waals surface area (Å²) in [5, 5.41) is 8.51. The lowest BCUT2D eigenvalue weighted by molar-refractivity contribution is 1.03. The van der Waals surface area contributed by atoms with E-state index in [4.69, 9.17) is 0 Å². The van der Waals surface area contributed by atoms with Gasteiger partial charge in [-0.1, -0.05) is 0 Å². The Hall–Kier alpha value is -1.14. The molecule has 6 heteroatoms. The minimum absolute atomic E-state index is 0.672. The quantitative estimate of drug-likeness (QED) is 0.880. The van der Waals surface area contributed by atoms with Crippen LogP contribution in [0.2, 0.25) is 0 Å². The monoisotopic (exact) mass is 326 g/mol. The molecule has 0 fully saturated rings. The van der Waals surface area contributed by atoms with Crippen molar-refractivity contribution in [2.24, 2.45) is 0 Å². The summed E-state index contributed by atoms with van der Waals surface area (Å²) in [4.78, 5) is 9.99. The molecule has 0 saturated carbocycles. The largest absolute Gasteiger partial charge is 0.365 e. The van der Waals surface area contributed by atoms with Gasteiger partial charge in [-0.15, -0.1) is 11.3 Å². The van der Waals surface area contributed by atoms with Crippen molar-refractivity contribution in [3.8, 4) is 0 Å². The first kappa shape index (κ1) is 13.3. The molecular weight excluding hydrogens is 312 g/mol. The average molecular weight is 327 g/mol. The molecule has 0 aromatic carbocycles. The van der Waals surface area contributed by atoms with Crippen LogP contribution in [0.4, 0.5) is 11.8 Å². The van der Waals surface area contributed by atoms with Gasteiger partial charge in [0.15, 0.2) is 0 Å². The number of halogens is 1. The minimum atomic E-state index is 0.672. The van der Waals surface area contributed by atoms with Gasteiger partial charge in [-0.25, -0.2) is 4.98 Å². The third kappa shape index (κ3) is 3.43. The zero-order valence-corrected chi connectivity index (χ0v) is 12.7. The summed E-state index contributed by atoms with van der Waals surface area (Å²) in [6, 6.07) is 4.00. The molecule has 2 rings (SSSR count). The molecule has 0 spiro atoms. The molecule has 0 aliphatic rings. The fourth-order valence-electron chi connectivity index (χ4n) is 1.52. The molecule has 2 N–H and O–H groups in total. The van der Waals surface area contributed by atoms with Crippen LogP contribution in [0.1, 0.15) is 17.5 Å². The average Bonchev–Trinajstić information content (AvgIpc) is 2.72. The maximum absolute atomic E-state index is 4.41. The van der Waals surface area contributed by atoms with Crippen LogP contribution in [0.25, 0.3) is 0 Å². The first-order valence-electron chi connectivity index (χ1n) is 5.74. The maximum atomic E-state index is 4.41. The van der Waals surface area contributed by atoms with Gasteiger partial charge in [0.05, 0.1) is 6.54 Å². The number of nitrogens with one attached hydrogen (secondary N) is 2. The van der Waals surface area contributed by atoms with Crippen molar-refractivity contribution in [1.29, 1.82) is 0 Å². The molecule has 0 aliphatic heterocycles. The van der Waals surface area contributed by atoms with Gasteiger partial charge in [-0.2, -0.15) is 4.98 Å². The van der Waals surface area contributed by atoms with E-state index in [0.717, 1.165) is 29.1 Å². The summed E-state index contributed by atoms with van der Waals surface area (Å²) in [6.45, 7) is 5.58. The van der Waals surface area contributed by atoms with Crippen molar-refractivity contribution in [2.75, 3.05) is 17.2 Å². The Balaban J connectivity index is 2.07. The number of hydrogen-bond acceptors (Lipinski definition) is 5. The highest BCUT2D eigenvalue weighted by Crippen LogP contribution is 2.23. The van der Waals surface area contributed by atoms with Crippen LogP contribution >= 0.6 is 27.3 Å². The molecule has 0 amide bonds. The minimum Gasteiger partial charge on any atom is -0.365 e. The molecule has 96 valence electrons. The molecule has 2 heterocycles. The number of rotatable bonds is 5. The van der Waals surface area contributed by atoms with Crippen LogP contribution in [0, 0.1) is 6.92 Å². The summed E-state index contributed by atoms with van der Waals surface area (Å²) in [6.07, 6.45) is 0. The number of thiophene rings is 1. The molecule has 18 heavy (non-hydrogen) atoms. The third-order valence-corrected chi connectivity index (χ3v) is 4.24. The zero-order valence-electron chi connectivity index (χ0n) is 10.3. The van der Waals surface area contributed by atoms with Gasteiger partial charge in [0.2, 0.25) is 5.95 Å². The van der Waals surface area contributed by atoms with Crippen LogP contribution in [-0.2, 0) is 6.54 Å². The predicted molar refractivity (Wildman–Crippen MR) is 80.3 cm³/mol. The Morgan fingerprint density at radius 1 is 1.33 bits per heavy atom. The van der Waals surface area contributed by atoms with Gasteiger partial charge >= 0.3 is 0 Å². The second kappa shape index (κ2) is 6.15. The number of aromatic nitrogens is 2. The molecule has 0 atom stereocenters. The molecule has 0 radical (unpaired) electrons. The van der Waals surface area contributed by atoms with Gasteiger partial charge in [-0.3, -0.25) is 0 Å². The number of hydrogen-bond donors (Lipinski definition) is 2. The highest BCUT2D eigenvalue weighted by atomic mass is 79.9. The van der Waals surface area contributed by atoms with E-state index in [0.29, 0.717) is 5.95 Å². The highest BCUT2D eigenvalue weighted by molar-refractivity contribution is 9.10. The van der Waals surface area contributed by atoms with Gasteiger partial charge in [-0.05, 0) is 41.2 Å². The first-order valence-corrected chi connectivity index (χ1v) is 7.41. The van der Waals surface area contributed by atoms with Crippen LogP contribution in [-0.4, -0.2) is 16.5 Å². The van der Waals surface area contributed by atoms with Crippen LogP contribution in [0.3, 0.4) is 0 Å². The van der Waals surface area contributed by atoms with E-state index in [1.54, 1.807) is 11.3 Å². The van der Waals surface area contributed by atoms with E-state index in [2.05, 4.69) is 48.0 Å². The summed E-state index contributed by atoms with van der Waals surface area (Å²) in [5.41, 5.74) is 0.952. The van der Waals surface area contributed by atoms with Crippen LogP contribution in [0.5, 0.6) is 0 Å². The summed E-state index contributed by atoms with van der Waals surface area (Å²) >= 11 is 5.24. The standard InChI is InChI=1S/C12H15BrN4S/c1-3-14-12-16-8(2)6-11(17-12)15-7-10-9(13)4-5-18-10/h4-6H,3,7H2,1-2H3,(H2,14,15,16,17). The zero-order chi connectivity index (χ0) is 13.0. The second-order valence-electron chi connectivity index (χ2n) is 3.79. The molecule has 2 aromatic heterocycles. The van der Waals surface area contributed by atoms with Gasteiger partial charge in [0, 0.05) is 27.7 Å². The Bertz CT molecular complexity index is 527. The lowest BCUT2D eigenvalue weighted by atomic mass is 10.4. The topological polar surface area (TPSA) is 49.8 Å². The van der Waals surface area contributed by atoms with Crippen molar-refractivity contribution in [2.45, 2.75) is 20.4 Å². The molecule has 0 aliphatic carbocycles. The van der Waals surface area contributed by atoms with E-state index in [-0.39, 0.29) is 0 Å². The Labute approximate surface area is 119 Å². The summed E-state index contributed by atoms with van der Waals surface area (Å²) in [5.74, 6) is 1.52. The molecule has 4 nitrogen and oxygen atoms in total. The first-order chi connectivity index (χ1) is 8.69. The second-order valence-corrected chi connectivity index (χ2v) is 5.65. The molecule has 0 unspecified atom stereocenters. The Kier molecular flexibility index (Phi) is 4.54. The van der Waals surface area contributed by atoms with Gasteiger partial charge in [0.25, 0.3) is 0 Å². The summed E-state index contributed by atoms with van der Waals surface area (Å²) in [7, 11) is 0. The number of nitrogens with zero attached hydrogens (tertiary/aromatic N) is 2. The Morgan fingerprint density at radius 3 is 2.83 bits per heavy atom. The van der Waals surface area contributed by atoms with E-state index in [1.165, 1.54) is 4.88 Å². The fraction of sp³-hybridized carbons (Fsp3) is 0.333. The van der Waals surface area contributed by atoms with Gasteiger partial charge in [0.1, 0.15) is 5.82 Å². The van der Waals surface area contributed by atoms with E-state index < -0.39 is 0 Å². The predicted octanol–water partition coefficient (Wildman–Crippen LogP) is 3.65. The van der Waals surface area contributed by atoms with Crippen LogP contribution < -0.4 is 10.6 Å². The van der Waals surface area contributed by atoms with Crippen molar-refractivity contribution >= 4 is 39.0 Å². The molecule has 2 aromatic rings. The normalized spacial score (nSPS) is 10.4. The number of aryl methyl sites for hydroxylation is 1. The molecular formula is C12H15BrN4S. The third-order valence-electron chi connectivity index (χ3n) is 2.31. The SMILES string of the molecule is CCNc1nc(C)cc(NCc2sccc2Br)n1. The van der Waals surface area contributed by atoms with Gasteiger partial charge < -0.3 is 10.6 Å². The van der Waals surface area contributed by atoms with Crippen molar-refractivity contribution in [3.05, 3.63) is 32.6 Å². The van der Waals surface area contributed by atoms with Crippen molar-refractivity contribution < 1.29 is 0 Å². The van der Waals surface area contributed by atoms with Crippen molar-refractivity contribution in [1.82, 2.24) is 9.97 Å². The van der Waals surface area contributed by atoms with E-state index in [9.17, 15) is 0 Å². The molecule has 0 bridgehead atoms. The lowest BCUT2D eigenvalue weighted by Crippen LogP contribution is -2.07. The number of anilines is 2. The molecule has 0 saturated heterocycles. The summed E-state index contributed by atoms with van der Waals surface area (Å²) < 4.78 is 1.14. The lowest BCUT2D eigenvalue weighted by Gasteiger charge is -2.08. The van der Waals surface area contributed by atoms with E-state index >= 15 is 0 Å².